The first-order valence-electron chi connectivity index (χ1n) is 12.4. The van der Waals surface area contributed by atoms with Crippen molar-refractivity contribution >= 4 is 5.97 Å². The van der Waals surface area contributed by atoms with E-state index in [4.69, 9.17) is 4.74 Å². The van der Waals surface area contributed by atoms with Gasteiger partial charge in [-0.25, -0.2) is 4.79 Å². The molecule has 3 saturated heterocycles. The molecule has 3 heteroatoms. The molecular formula is C29H36NO2+. The van der Waals surface area contributed by atoms with Crippen LogP contribution in [-0.2, 0) is 24.0 Å². The number of quaternary nitrogens is 1. The monoisotopic (exact) mass is 430 g/mol. The molecule has 1 aliphatic carbocycles. The highest BCUT2D eigenvalue weighted by Crippen LogP contribution is 2.37. The summed E-state index contributed by atoms with van der Waals surface area (Å²) in [5.74, 6) is 0.424. The van der Waals surface area contributed by atoms with Crippen molar-refractivity contribution in [1.29, 1.82) is 0 Å². The van der Waals surface area contributed by atoms with Gasteiger partial charge in [0, 0.05) is 25.2 Å². The van der Waals surface area contributed by atoms with Crippen LogP contribution in [0.25, 0.3) is 0 Å². The zero-order chi connectivity index (χ0) is 22.1. The number of piperidine rings is 3. The number of benzene rings is 2. The maximum absolute atomic E-state index is 13.5. The highest BCUT2D eigenvalue weighted by atomic mass is 16.5. The minimum absolute atomic E-state index is 0.0608. The first-order valence-corrected chi connectivity index (χ1v) is 12.4. The number of hydrogen-bond donors (Lipinski definition) is 0. The summed E-state index contributed by atoms with van der Waals surface area (Å²) in [6.45, 7) is 9.00. The van der Waals surface area contributed by atoms with Crippen LogP contribution in [0.4, 0.5) is 0 Å². The predicted octanol–water partition coefficient (Wildman–Crippen LogP) is 5.50. The van der Waals surface area contributed by atoms with Crippen molar-refractivity contribution in [3.63, 3.8) is 0 Å². The minimum Gasteiger partial charge on any atom is -0.452 e. The lowest BCUT2D eigenvalue weighted by molar-refractivity contribution is -0.945. The van der Waals surface area contributed by atoms with E-state index in [0.29, 0.717) is 5.92 Å². The molecule has 0 unspecified atom stereocenters. The van der Waals surface area contributed by atoms with Gasteiger partial charge in [0.2, 0.25) is 0 Å². The van der Waals surface area contributed by atoms with E-state index in [2.05, 4.69) is 50.3 Å². The van der Waals surface area contributed by atoms with Crippen LogP contribution < -0.4 is 0 Å². The van der Waals surface area contributed by atoms with Gasteiger partial charge in [0.25, 0.3) is 0 Å². The molecule has 3 heterocycles. The van der Waals surface area contributed by atoms with Gasteiger partial charge in [-0.1, -0.05) is 48.0 Å². The maximum atomic E-state index is 13.5. The fourth-order valence-electron chi connectivity index (χ4n) is 6.20. The molecule has 0 N–H and O–H groups in total. The quantitative estimate of drug-likeness (QED) is 0.356. The Morgan fingerprint density at radius 3 is 2.50 bits per heavy atom. The van der Waals surface area contributed by atoms with Gasteiger partial charge >= 0.3 is 5.97 Å². The van der Waals surface area contributed by atoms with Gasteiger partial charge in [0.15, 0.2) is 6.10 Å². The van der Waals surface area contributed by atoms with Crippen LogP contribution in [0.5, 0.6) is 0 Å². The van der Waals surface area contributed by atoms with Crippen LogP contribution in [-0.4, -0.2) is 42.7 Å². The fraction of sp³-hybridized carbons (Fsp3) is 0.483. The largest absolute Gasteiger partial charge is 0.452 e. The van der Waals surface area contributed by atoms with E-state index in [1.807, 2.05) is 12.1 Å². The first kappa shape index (κ1) is 21.5. The molecule has 2 aromatic carbocycles. The van der Waals surface area contributed by atoms with Crippen LogP contribution >= 0.6 is 0 Å². The third-order valence-electron chi connectivity index (χ3n) is 8.10. The third kappa shape index (κ3) is 4.28. The van der Waals surface area contributed by atoms with Crippen LogP contribution in [0.2, 0.25) is 0 Å². The summed E-state index contributed by atoms with van der Waals surface area (Å²) < 4.78 is 7.41. The molecule has 6 rings (SSSR count). The summed E-state index contributed by atoms with van der Waals surface area (Å²) in [6, 6.07) is 14.9. The number of fused-ring (bicyclic) bond motifs is 5. The standard InChI is InChI=1S/C29H36NO2/c1-21(2)7-6-16-30-17-14-24(15-18-30)28(20-30)32-29(31)26-11-5-10-23-13-12-22-8-3-4-9-25(22)19-27(23)26/h3-5,7-11,24,28H,6,12-20H2,1-2H3/q+1/t24?,28-,30?/m0/s1. The lowest BCUT2D eigenvalue weighted by atomic mass is 9.83. The second kappa shape index (κ2) is 8.86. The van der Waals surface area contributed by atoms with Gasteiger partial charge in [0.05, 0.1) is 25.2 Å². The van der Waals surface area contributed by atoms with Gasteiger partial charge in [-0.2, -0.15) is 0 Å². The average molecular weight is 431 g/mol. The smallest absolute Gasteiger partial charge is 0.338 e. The van der Waals surface area contributed by atoms with Crippen molar-refractivity contribution in [2.24, 2.45) is 5.92 Å². The Balaban J connectivity index is 1.34. The molecule has 168 valence electrons. The molecule has 0 amide bonds. The van der Waals surface area contributed by atoms with Crippen molar-refractivity contribution in [3.05, 3.63) is 81.9 Å². The summed E-state index contributed by atoms with van der Waals surface area (Å²) in [5, 5.41) is 0. The highest BCUT2D eigenvalue weighted by molar-refractivity contribution is 5.92. The lowest BCUT2D eigenvalue weighted by Gasteiger charge is -2.52. The van der Waals surface area contributed by atoms with Crippen LogP contribution in [0.15, 0.2) is 54.1 Å². The topological polar surface area (TPSA) is 26.3 Å². The van der Waals surface area contributed by atoms with Crippen LogP contribution in [0, 0.1) is 5.92 Å². The normalized spacial score (nSPS) is 25.9. The van der Waals surface area contributed by atoms with E-state index >= 15 is 0 Å². The zero-order valence-corrected chi connectivity index (χ0v) is 19.6. The number of hydrogen-bond acceptors (Lipinski definition) is 2. The third-order valence-corrected chi connectivity index (χ3v) is 8.10. The summed E-state index contributed by atoms with van der Waals surface area (Å²) in [5.41, 5.74) is 7.41. The lowest BCUT2D eigenvalue weighted by Crippen LogP contribution is -2.64. The van der Waals surface area contributed by atoms with Gasteiger partial charge in [-0.3, -0.25) is 0 Å². The molecule has 2 aromatic rings. The minimum atomic E-state index is -0.109. The second-order valence-corrected chi connectivity index (χ2v) is 10.4. The van der Waals surface area contributed by atoms with Crippen molar-refractivity contribution in [3.8, 4) is 0 Å². The van der Waals surface area contributed by atoms with E-state index in [9.17, 15) is 4.79 Å². The van der Waals surface area contributed by atoms with Crippen molar-refractivity contribution < 1.29 is 14.0 Å². The van der Waals surface area contributed by atoms with Crippen molar-refractivity contribution in [1.82, 2.24) is 0 Å². The van der Waals surface area contributed by atoms with E-state index < -0.39 is 0 Å². The molecule has 0 radical (unpaired) electrons. The molecule has 2 bridgehead atoms. The van der Waals surface area contributed by atoms with Crippen molar-refractivity contribution in [2.75, 3.05) is 26.2 Å². The summed E-state index contributed by atoms with van der Waals surface area (Å²) in [6.07, 6.45) is 8.77. The molecular weight excluding hydrogens is 394 g/mol. The summed E-state index contributed by atoms with van der Waals surface area (Å²) in [7, 11) is 0. The number of carbonyl (C=O) groups excluding carboxylic acids is 1. The van der Waals surface area contributed by atoms with E-state index in [1.165, 1.54) is 60.3 Å². The molecule has 0 aromatic heterocycles. The van der Waals surface area contributed by atoms with Gasteiger partial charge < -0.3 is 9.22 Å². The Morgan fingerprint density at radius 1 is 1.00 bits per heavy atom. The molecule has 3 fully saturated rings. The average Bonchev–Trinajstić information content (AvgIpc) is 2.98. The fourth-order valence-corrected chi connectivity index (χ4v) is 6.20. The summed E-state index contributed by atoms with van der Waals surface area (Å²) >= 11 is 0. The van der Waals surface area contributed by atoms with E-state index in [1.54, 1.807) is 0 Å². The molecule has 3 aliphatic heterocycles. The Bertz CT molecular complexity index is 1030. The second-order valence-electron chi connectivity index (χ2n) is 10.4. The molecule has 0 spiro atoms. The van der Waals surface area contributed by atoms with Crippen LogP contribution in [0.3, 0.4) is 0 Å². The zero-order valence-electron chi connectivity index (χ0n) is 19.6. The Kier molecular flexibility index (Phi) is 5.94. The number of aryl methyl sites for hydroxylation is 2. The Hall–Kier alpha value is -2.39. The van der Waals surface area contributed by atoms with Gasteiger partial charge in [0.1, 0.15) is 6.54 Å². The number of allylic oxidation sites excluding steroid dienone is 1. The first-order chi connectivity index (χ1) is 15.5. The van der Waals surface area contributed by atoms with Gasteiger partial charge in [-0.15, -0.1) is 0 Å². The van der Waals surface area contributed by atoms with E-state index in [0.717, 1.165) is 42.3 Å². The summed E-state index contributed by atoms with van der Waals surface area (Å²) in [4.78, 5) is 13.5. The Morgan fingerprint density at radius 2 is 1.72 bits per heavy atom. The number of ether oxygens (including phenoxy) is 1. The van der Waals surface area contributed by atoms with Gasteiger partial charge in [-0.05, 0) is 61.4 Å². The predicted molar refractivity (Wildman–Crippen MR) is 129 cm³/mol. The molecule has 4 aliphatic rings. The Labute approximate surface area is 192 Å². The number of nitrogens with zero attached hydrogens (tertiary/aromatic N) is 1. The molecule has 1 atom stereocenters. The maximum Gasteiger partial charge on any atom is 0.338 e. The SMILES string of the molecule is CC(C)=CCC[N+]12CCC(CC1)[C@@H](OC(=O)c1cccc3c1Cc1ccccc1CC3)C2. The molecule has 32 heavy (non-hydrogen) atoms. The molecule has 0 saturated carbocycles. The number of carbonyl (C=O) groups is 1. The number of esters is 1. The van der Waals surface area contributed by atoms with E-state index in [-0.39, 0.29) is 12.1 Å². The van der Waals surface area contributed by atoms with Crippen molar-refractivity contribution in [2.45, 2.75) is 58.5 Å². The number of rotatable bonds is 5. The van der Waals surface area contributed by atoms with Crippen LogP contribution in [0.1, 0.15) is 65.7 Å². The highest BCUT2D eigenvalue weighted by Gasteiger charge is 2.47. The molecule has 3 nitrogen and oxygen atoms in total.